The number of unbranched alkanes of at least 4 members (excludes halogenated alkanes) is 1. The van der Waals surface area contributed by atoms with Gasteiger partial charge in [0.2, 0.25) is 0 Å². The SMILES string of the molecule is CCOP(=O)(C#CCCCO[Si](C)(C)C(C)(C)C)OCC. The van der Waals surface area contributed by atoms with E-state index in [4.69, 9.17) is 13.5 Å². The largest absolute Gasteiger partial charge is 0.417 e. The van der Waals surface area contributed by atoms with E-state index >= 15 is 0 Å². The second kappa shape index (κ2) is 9.12. The molecule has 0 fully saturated rings. The van der Waals surface area contributed by atoms with E-state index in [-0.39, 0.29) is 5.04 Å². The smallest absolute Gasteiger partial charge is 0.405 e. The van der Waals surface area contributed by atoms with Crippen molar-refractivity contribution in [2.24, 2.45) is 0 Å². The summed E-state index contributed by atoms with van der Waals surface area (Å²) < 4.78 is 28.4. The van der Waals surface area contributed by atoms with E-state index in [1.165, 1.54) is 0 Å². The summed E-state index contributed by atoms with van der Waals surface area (Å²) in [6.07, 6.45) is 1.47. The Labute approximate surface area is 131 Å². The molecule has 0 saturated heterocycles. The molecule has 0 saturated carbocycles. The molecule has 0 aliphatic heterocycles. The molecule has 21 heavy (non-hydrogen) atoms. The number of hydrogen-bond donors (Lipinski definition) is 0. The molecule has 0 radical (unpaired) electrons. The molecule has 0 N–H and O–H groups in total. The van der Waals surface area contributed by atoms with Crippen LogP contribution in [0.4, 0.5) is 0 Å². The highest BCUT2D eigenvalue weighted by Crippen LogP contribution is 2.46. The predicted octanol–water partition coefficient (Wildman–Crippen LogP) is 5.02. The third kappa shape index (κ3) is 8.18. The summed E-state index contributed by atoms with van der Waals surface area (Å²) in [5.74, 6) is 2.89. The van der Waals surface area contributed by atoms with Gasteiger partial charge < -0.3 is 4.43 Å². The fourth-order valence-electron chi connectivity index (χ4n) is 1.30. The fourth-order valence-corrected chi connectivity index (χ4v) is 3.58. The van der Waals surface area contributed by atoms with Crippen LogP contribution in [-0.2, 0) is 18.0 Å². The van der Waals surface area contributed by atoms with Gasteiger partial charge in [0.1, 0.15) is 0 Å². The van der Waals surface area contributed by atoms with Crippen LogP contribution in [0.1, 0.15) is 47.5 Å². The second-order valence-electron chi connectivity index (χ2n) is 6.33. The molecule has 124 valence electrons. The van der Waals surface area contributed by atoms with Crippen molar-refractivity contribution >= 4 is 15.9 Å². The topological polar surface area (TPSA) is 44.8 Å². The molecule has 4 nitrogen and oxygen atoms in total. The molecular weight excluding hydrogens is 303 g/mol. The van der Waals surface area contributed by atoms with E-state index < -0.39 is 15.9 Å². The van der Waals surface area contributed by atoms with E-state index in [0.29, 0.717) is 26.2 Å². The Bertz CT molecular complexity index is 394. The molecule has 0 aromatic heterocycles. The van der Waals surface area contributed by atoms with Crippen LogP contribution in [0.3, 0.4) is 0 Å². The number of rotatable bonds is 8. The Morgan fingerprint density at radius 2 is 1.62 bits per heavy atom. The van der Waals surface area contributed by atoms with E-state index in [2.05, 4.69) is 45.4 Å². The van der Waals surface area contributed by atoms with Crippen molar-refractivity contribution in [3.05, 3.63) is 0 Å². The maximum absolute atomic E-state index is 12.1. The Balaban J connectivity index is 4.23. The monoisotopic (exact) mass is 334 g/mol. The van der Waals surface area contributed by atoms with Crippen LogP contribution in [0.2, 0.25) is 18.1 Å². The lowest BCUT2D eigenvalue weighted by atomic mass is 10.2. The van der Waals surface area contributed by atoms with Crippen molar-refractivity contribution < 1.29 is 18.0 Å². The Morgan fingerprint density at radius 1 is 1.10 bits per heavy atom. The molecule has 0 aliphatic carbocycles. The molecule has 0 heterocycles. The molecule has 0 rings (SSSR count). The molecule has 0 atom stereocenters. The van der Waals surface area contributed by atoms with E-state index in [1.54, 1.807) is 13.8 Å². The average Bonchev–Trinajstić information content (AvgIpc) is 2.32. The van der Waals surface area contributed by atoms with E-state index in [1.807, 2.05) is 0 Å². The van der Waals surface area contributed by atoms with Gasteiger partial charge in [-0.15, -0.1) is 0 Å². The summed E-state index contributed by atoms with van der Waals surface area (Å²) in [5, 5.41) is 0.221. The summed E-state index contributed by atoms with van der Waals surface area (Å²) in [7, 11) is -4.90. The van der Waals surface area contributed by atoms with Crippen LogP contribution in [0, 0.1) is 11.6 Å². The lowest BCUT2D eigenvalue weighted by Crippen LogP contribution is -2.40. The summed E-state index contributed by atoms with van der Waals surface area (Å²) in [6.45, 7) is 16.0. The van der Waals surface area contributed by atoms with Gasteiger partial charge in [0.15, 0.2) is 8.32 Å². The Kier molecular flexibility index (Phi) is 9.07. The normalized spacial score (nSPS) is 12.9. The minimum Gasteiger partial charge on any atom is -0.417 e. The van der Waals surface area contributed by atoms with Crippen molar-refractivity contribution in [3.63, 3.8) is 0 Å². The predicted molar refractivity (Wildman–Crippen MR) is 91.0 cm³/mol. The van der Waals surface area contributed by atoms with Gasteiger partial charge in [-0.2, -0.15) is 0 Å². The fraction of sp³-hybridized carbons (Fsp3) is 0.867. The zero-order chi connectivity index (χ0) is 16.6. The lowest BCUT2D eigenvalue weighted by molar-refractivity contribution is 0.230. The first kappa shape index (κ1) is 20.9. The molecule has 0 spiro atoms. The molecule has 0 aromatic rings. The zero-order valence-electron chi connectivity index (χ0n) is 14.6. The molecule has 0 bridgehead atoms. The molecular formula is C15H31O4PSi. The van der Waals surface area contributed by atoms with Gasteiger partial charge >= 0.3 is 7.60 Å². The summed E-state index contributed by atoms with van der Waals surface area (Å²) in [5.41, 5.74) is 2.64. The Morgan fingerprint density at radius 3 is 2.05 bits per heavy atom. The van der Waals surface area contributed by atoms with Crippen LogP contribution in [0.15, 0.2) is 0 Å². The summed E-state index contributed by atoms with van der Waals surface area (Å²) in [4.78, 5) is 0. The first-order valence-corrected chi connectivity index (χ1v) is 12.1. The van der Waals surface area contributed by atoms with E-state index in [0.717, 1.165) is 6.42 Å². The van der Waals surface area contributed by atoms with Gasteiger partial charge in [-0.3, -0.25) is 9.05 Å². The van der Waals surface area contributed by atoms with Crippen LogP contribution in [-0.4, -0.2) is 28.1 Å². The summed E-state index contributed by atoms with van der Waals surface area (Å²) in [6, 6.07) is 0. The van der Waals surface area contributed by atoms with Crippen molar-refractivity contribution in [2.45, 2.75) is 65.6 Å². The zero-order valence-corrected chi connectivity index (χ0v) is 16.5. The first-order valence-electron chi connectivity index (χ1n) is 7.61. The third-order valence-electron chi connectivity index (χ3n) is 3.53. The minimum absolute atomic E-state index is 0.221. The maximum Gasteiger partial charge on any atom is 0.405 e. The van der Waals surface area contributed by atoms with Crippen LogP contribution in [0.25, 0.3) is 0 Å². The summed E-state index contributed by atoms with van der Waals surface area (Å²) >= 11 is 0. The molecule has 0 aromatic carbocycles. The van der Waals surface area contributed by atoms with Gasteiger partial charge in [-0.1, -0.05) is 26.7 Å². The van der Waals surface area contributed by atoms with Gasteiger partial charge in [0.25, 0.3) is 0 Å². The third-order valence-corrected chi connectivity index (χ3v) is 9.70. The first-order chi connectivity index (χ1) is 9.58. The Hall–Kier alpha value is -0.113. The van der Waals surface area contributed by atoms with Gasteiger partial charge in [0.05, 0.1) is 13.2 Å². The molecule has 0 unspecified atom stereocenters. The second-order valence-corrected chi connectivity index (χ2v) is 12.9. The molecule has 0 aliphatic rings. The highest BCUT2D eigenvalue weighted by atomic mass is 31.2. The molecule has 0 amide bonds. The average molecular weight is 334 g/mol. The van der Waals surface area contributed by atoms with Crippen molar-refractivity contribution in [1.82, 2.24) is 0 Å². The van der Waals surface area contributed by atoms with Crippen molar-refractivity contribution in [3.8, 4) is 11.6 Å². The molecule has 6 heteroatoms. The maximum atomic E-state index is 12.1. The lowest BCUT2D eigenvalue weighted by Gasteiger charge is -2.36. The van der Waals surface area contributed by atoms with Gasteiger partial charge in [-0.25, -0.2) is 4.57 Å². The highest BCUT2D eigenvalue weighted by Gasteiger charge is 2.36. The number of hydrogen-bond acceptors (Lipinski definition) is 4. The highest BCUT2D eigenvalue weighted by molar-refractivity contribution is 7.59. The van der Waals surface area contributed by atoms with Crippen molar-refractivity contribution in [2.75, 3.05) is 19.8 Å². The standard InChI is InChI=1S/C15H31O4PSi/c1-8-17-20(16,18-9-2)14-12-10-11-13-19-21(6,7)15(3,4)5/h8-11,13H2,1-7H3. The van der Waals surface area contributed by atoms with Crippen LogP contribution in [0.5, 0.6) is 0 Å². The van der Waals surface area contributed by atoms with Crippen molar-refractivity contribution in [1.29, 1.82) is 0 Å². The quantitative estimate of drug-likeness (QED) is 0.271. The van der Waals surface area contributed by atoms with Gasteiger partial charge in [-0.05, 0) is 38.4 Å². The van der Waals surface area contributed by atoms with Gasteiger partial charge in [0, 0.05) is 18.7 Å². The van der Waals surface area contributed by atoms with E-state index in [9.17, 15) is 4.57 Å². The minimum atomic E-state index is -3.22. The van der Waals surface area contributed by atoms with Crippen LogP contribution < -0.4 is 0 Å². The van der Waals surface area contributed by atoms with Crippen LogP contribution >= 0.6 is 7.60 Å².